The lowest BCUT2D eigenvalue weighted by molar-refractivity contribution is -0.384. The van der Waals surface area contributed by atoms with Gasteiger partial charge in [-0.1, -0.05) is 18.2 Å². The summed E-state index contributed by atoms with van der Waals surface area (Å²) >= 11 is 0. The third kappa shape index (κ3) is 4.55. The smallest absolute Gasteiger partial charge is 0.340 e. The molecule has 0 spiro atoms. The van der Waals surface area contributed by atoms with Crippen molar-refractivity contribution in [3.63, 3.8) is 0 Å². The fourth-order valence-electron chi connectivity index (χ4n) is 3.34. The van der Waals surface area contributed by atoms with Gasteiger partial charge in [-0.15, -0.1) is 0 Å². The quantitative estimate of drug-likeness (QED) is 0.341. The number of non-ortho nitro benzene ring substituents is 1. The first-order valence-corrected chi connectivity index (χ1v) is 9.60. The van der Waals surface area contributed by atoms with Crippen LogP contribution in [0.2, 0.25) is 0 Å². The van der Waals surface area contributed by atoms with E-state index < -0.39 is 16.9 Å². The number of amides is 2. The molecule has 0 radical (unpaired) electrons. The minimum Gasteiger partial charge on any atom is -0.462 e. The number of rotatable bonds is 6. The average molecular weight is 422 g/mol. The van der Waals surface area contributed by atoms with E-state index >= 15 is 0 Å². The maximum atomic E-state index is 12.7. The summed E-state index contributed by atoms with van der Waals surface area (Å²) in [6, 6.07) is 14.3. The van der Waals surface area contributed by atoms with Crippen LogP contribution in [0.25, 0.3) is 11.1 Å². The number of aromatic nitrogens is 1. The van der Waals surface area contributed by atoms with Gasteiger partial charge in [-0.2, -0.15) is 0 Å². The molecule has 0 fully saturated rings. The van der Waals surface area contributed by atoms with Gasteiger partial charge in [0.15, 0.2) is 0 Å². The van der Waals surface area contributed by atoms with E-state index in [1.807, 2.05) is 6.07 Å². The van der Waals surface area contributed by atoms with Crippen molar-refractivity contribution in [3.8, 4) is 11.1 Å². The molecule has 0 aliphatic heterocycles. The molecule has 3 rings (SSSR count). The first-order chi connectivity index (χ1) is 14.8. The van der Waals surface area contributed by atoms with E-state index in [4.69, 9.17) is 4.74 Å². The SMILES string of the molecule is CCOC(=O)c1c(-c2ccc([N+](=O)[O-])cc2)c(C)n(NC(=O)Nc2ccccc2)c1C. The summed E-state index contributed by atoms with van der Waals surface area (Å²) in [6.07, 6.45) is 0. The zero-order valence-corrected chi connectivity index (χ0v) is 17.3. The molecule has 0 saturated heterocycles. The van der Waals surface area contributed by atoms with Crippen molar-refractivity contribution in [2.45, 2.75) is 20.8 Å². The third-order valence-electron chi connectivity index (χ3n) is 4.74. The summed E-state index contributed by atoms with van der Waals surface area (Å²) in [5, 5.41) is 13.7. The molecule has 0 aliphatic rings. The third-order valence-corrected chi connectivity index (χ3v) is 4.74. The molecule has 9 nitrogen and oxygen atoms in total. The molecule has 0 saturated carbocycles. The van der Waals surface area contributed by atoms with Gasteiger partial charge in [-0.25, -0.2) is 15.0 Å². The molecule has 160 valence electrons. The van der Waals surface area contributed by atoms with Gasteiger partial charge in [0.25, 0.3) is 5.69 Å². The molecule has 2 amide bonds. The van der Waals surface area contributed by atoms with Crippen LogP contribution < -0.4 is 10.7 Å². The van der Waals surface area contributed by atoms with Gasteiger partial charge in [-0.3, -0.25) is 14.8 Å². The summed E-state index contributed by atoms with van der Waals surface area (Å²) in [7, 11) is 0. The van der Waals surface area contributed by atoms with Gasteiger partial charge in [0, 0.05) is 29.1 Å². The minimum atomic E-state index is -0.541. The van der Waals surface area contributed by atoms with Gasteiger partial charge < -0.3 is 10.1 Å². The standard InChI is InChI=1S/C22H22N4O5/c1-4-31-21(27)20-15(3)25(24-22(28)23-17-8-6-5-7-9-17)14(2)19(20)16-10-12-18(13-11-16)26(29)30/h5-13H,4H2,1-3H3,(H2,23,24,28). The monoisotopic (exact) mass is 422 g/mol. The maximum Gasteiger partial charge on any atom is 0.340 e. The summed E-state index contributed by atoms with van der Waals surface area (Å²) in [4.78, 5) is 35.7. The fraction of sp³-hybridized carbons (Fsp3) is 0.182. The predicted molar refractivity (Wildman–Crippen MR) is 117 cm³/mol. The van der Waals surface area contributed by atoms with Crippen LogP contribution in [0.4, 0.5) is 16.2 Å². The van der Waals surface area contributed by atoms with Gasteiger partial charge in [0.2, 0.25) is 0 Å². The molecule has 2 aromatic carbocycles. The molecule has 3 aromatic rings. The Morgan fingerprint density at radius 1 is 1.03 bits per heavy atom. The highest BCUT2D eigenvalue weighted by atomic mass is 16.6. The first kappa shape index (κ1) is 21.6. The van der Waals surface area contributed by atoms with Gasteiger partial charge in [0.05, 0.1) is 22.8 Å². The van der Waals surface area contributed by atoms with Gasteiger partial charge in [-0.05, 0) is 50.6 Å². The molecular weight excluding hydrogens is 400 g/mol. The highest BCUT2D eigenvalue weighted by molar-refractivity contribution is 6.01. The highest BCUT2D eigenvalue weighted by Crippen LogP contribution is 2.33. The van der Waals surface area contributed by atoms with E-state index in [2.05, 4.69) is 10.7 Å². The molecule has 1 heterocycles. The van der Waals surface area contributed by atoms with E-state index in [1.54, 1.807) is 57.2 Å². The van der Waals surface area contributed by atoms with E-state index in [1.165, 1.54) is 16.8 Å². The number of anilines is 1. The Kier molecular flexibility index (Phi) is 6.35. The highest BCUT2D eigenvalue weighted by Gasteiger charge is 2.26. The summed E-state index contributed by atoms with van der Waals surface area (Å²) < 4.78 is 6.71. The summed E-state index contributed by atoms with van der Waals surface area (Å²) in [5.41, 5.74) is 5.76. The number of hydrogen-bond donors (Lipinski definition) is 2. The van der Waals surface area contributed by atoms with Crippen LogP contribution in [0.5, 0.6) is 0 Å². The Balaban J connectivity index is 2.02. The number of nitro groups is 1. The molecule has 0 aliphatic carbocycles. The number of urea groups is 1. The largest absolute Gasteiger partial charge is 0.462 e. The lowest BCUT2D eigenvalue weighted by atomic mass is 10.0. The first-order valence-electron chi connectivity index (χ1n) is 9.60. The number of benzene rings is 2. The van der Waals surface area contributed by atoms with E-state index in [-0.39, 0.29) is 17.9 Å². The second-order valence-corrected chi connectivity index (χ2v) is 6.71. The van der Waals surface area contributed by atoms with Crippen LogP contribution in [-0.2, 0) is 4.74 Å². The van der Waals surface area contributed by atoms with Crippen LogP contribution in [0.15, 0.2) is 54.6 Å². The lowest BCUT2D eigenvalue weighted by Crippen LogP contribution is -2.29. The molecular formula is C22H22N4O5. The number of ether oxygens (including phenoxy) is 1. The van der Waals surface area contributed by atoms with Crippen LogP contribution in [-0.4, -0.2) is 28.2 Å². The Bertz CT molecular complexity index is 1120. The second kappa shape index (κ2) is 9.12. The van der Waals surface area contributed by atoms with E-state index in [0.717, 1.165) is 0 Å². The van der Waals surface area contributed by atoms with Crippen molar-refractivity contribution in [1.29, 1.82) is 0 Å². The van der Waals surface area contributed by atoms with Crippen molar-refractivity contribution in [3.05, 3.63) is 81.7 Å². The number of carbonyl (C=O) groups is 2. The number of nitro benzene ring substituents is 1. The minimum absolute atomic E-state index is 0.0596. The normalized spacial score (nSPS) is 10.4. The van der Waals surface area contributed by atoms with Crippen molar-refractivity contribution >= 4 is 23.4 Å². The zero-order valence-electron chi connectivity index (χ0n) is 17.3. The van der Waals surface area contributed by atoms with Gasteiger partial charge in [0.1, 0.15) is 0 Å². The molecule has 0 bridgehead atoms. The van der Waals surface area contributed by atoms with Crippen molar-refractivity contribution in [2.24, 2.45) is 0 Å². The molecule has 1 aromatic heterocycles. The molecule has 2 N–H and O–H groups in total. The molecule has 31 heavy (non-hydrogen) atoms. The number of para-hydroxylation sites is 1. The summed E-state index contributed by atoms with van der Waals surface area (Å²) in [6.45, 7) is 5.32. The Hall–Kier alpha value is -4.14. The Labute approximate surface area is 178 Å². The number of carbonyl (C=O) groups excluding carboxylic acids is 2. The topological polar surface area (TPSA) is 116 Å². The summed E-state index contributed by atoms with van der Waals surface area (Å²) in [5.74, 6) is -0.541. The van der Waals surface area contributed by atoms with Crippen LogP contribution >= 0.6 is 0 Å². The van der Waals surface area contributed by atoms with Crippen LogP contribution in [0, 0.1) is 24.0 Å². The van der Waals surface area contributed by atoms with Crippen molar-refractivity contribution < 1.29 is 19.2 Å². The Morgan fingerprint density at radius 3 is 2.26 bits per heavy atom. The predicted octanol–water partition coefficient (Wildman–Crippen LogP) is 4.63. The van der Waals surface area contributed by atoms with E-state index in [0.29, 0.717) is 28.2 Å². The molecule has 9 heteroatoms. The lowest BCUT2D eigenvalue weighted by Gasteiger charge is -2.13. The second-order valence-electron chi connectivity index (χ2n) is 6.71. The number of hydrogen-bond acceptors (Lipinski definition) is 5. The Morgan fingerprint density at radius 2 is 1.68 bits per heavy atom. The van der Waals surface area contributed by atoms with Gasteiger partial charge >= 0.3 is 12.0 Å². The maximum absolute atomic E-state index is 12.7. The average Bonchev–Trinajstić information content (AvgIpc) is 2.99. The van der Waals surface area contributed by atoms with Crippen LogP contribution in [0.3, 0.4) is 0 Å². The number of esters is 1. The molecule has 0 unspecified atom stereocenters. The van der Waals surface area contributed by atoms with Crippen molar-refractivity contribution in [2.75, 3.05) is 17.3 Å². The fourth-order valence-corrected chi connectivity index (χ4v) is 3.34. The molecule has 0 atom stereocenters. The zero-order chi connectivity index (χ0) is 22.5. The van der Waals surface area contributed by atoms with Crippen LogP contribution in [0.1, 0.15) is 28.7 Å². The number of nitrogens with zero attached hydrogens (tertiary/aromatic N) is 2. The van der Waals surface area contributed by atoms with E-state index in [9.17, 15) is 19.7 Å². The van der Waals surface area contributed by atoms with Crippen molar-refractivity contribution in [1.82, 2.24) is 4.68 Å². The number of nitrogens with one attached hydrogen (secondary N) is 2.